The van der Waals surface area contributed by atoms with Gasteiger partial charge in [0.25, 0.3) is 0 Å². The highest BCUT2D eigenvalue weighted by molar-refractivity contribution is 5.98. The number of hydrogen-bond donors (Lipinski definition) is 0. The first-order valence-electron chi connectivity index (χ1n) is 12.0. The molecular formula is C26H26F6N4O4. The first-order valence-corrected chi connectivity index (χ1v) is 12.0. The number of carbonyl (C=O) groups is 2. The lowest BCUT2D eigenvalue weighted by Gasteiger charge is -2.38. The standard InChI is InChI=1S/C26H26F6N4O4/c1-15(16-10-18(25(27,28)29)12-19(11-16)26(30,31)32)39-14-24(17-8-6-5-7-9-17)13-20(34-35-33)21(37)36(24)22(38)40-23(2,3)4/h5-12,15,20H,13-14H2,1-4H3/t15-,20?,24-/m1/s1. The molecule has 40 heavy (non-hydrogen) atoms. The number of nitrogens with zero attached hydrogens (tertiary/aromatic N) is 4. The second kappa shape index (κ2) is 11.0. The number of hydrogen-bond acceptors (Lipinski definition) is 5. The normalized spacial score (nSPS) is 20.7. The van der Waals surface area contributed by atoms with Crippen LogP contribution in [0.25, 0.3) is 10.4 Å². The predicted octanol–water partition coefficient (Wildman–Crippen LogP) is 7.54. The number of likely N-dealkylation sites (tertiary alicyclic amines) is 1. The Hall–Kier alpha value is -3.77. The molecule has 216 valence electrons. The fraction of sp³-hybridized carbons (Fsp3) is 0.462. The Kier molecular flexibility index (Phi) is 8.47. The van der Waals surface area contributed by atoms with Crippen LogP contribution in [-0.4, -0.2) is 35.2 Å². The van der Waals surface area contributed by atoms with Crippen molar-refractivity contribution in [2.24, 2.45) is 5.11 Å². The molecule has 14 heteroatoms. The molecule has 3 rings (SSSR count). The van der Waals surface area contributed by atoms with Crippen LogP contribution in [0.15, 0.2) is 53.6 Å². The van der Waals surface area contributed by atoms with E-state index in [9.17, 15) is 35.9 Å². The van der Waals surface area contributed by atoms with E-state index < -0.39 is 70.9 Å². The van der Waals surface area contributed by atoms with Crippen molar-refractivity contribution in [3.05, 3.63) is 81.2 Å². The Bertz CT molecular complexity index is 1270. The number of rotatable bonds is 6. The summed E-state index contributed by atoms with van der Waals surface area (Å²) >= 11 is 0. The molecule has 0 aromatic heterocycles. The molecule has 2 aromatic carbocycles. The van der Waals surface area contributed by atoms with Gasteiger partial charge in [-0.25, -0.2) is 9.69 Å². The van der Waals surface area contributed by atoms with E-state index in [-0.39, 0.29) is 12.5 Å². The Morgan fingerprint density at radius 3 is 2.10 bits per heavy atom. The van der Waals surface area contributed by atoms with Crippen molar-refractivity contribution in [1.29, 1.82) is 0 Å². The number of azide groups is 1. The van der Waals surface area contributed by atoms with Crippen LogP contribution in [0.5, 0.6) is 0 Å². The van der Waals surface area contributed by atoms with Crippen LogP contribution in [0.2, 0.25) is 0 Å². The number of alkyl halides is 6. The molecule has 0 bridgehead atoms. The van der Waals surface area contributed by atoms with Gasteiger partial charge in [-0.1, -0.05) is 35.4 Å². The van der Waals surface area contributed by atoms with Crippen molar-refractivity contribution < 1.29 is 45.4 Å². The molecule has 1 fully saturated rings. The van der Waals surface area contributed by atoms with E-state index in [1.165, 1.54) is 6.92 Å². The number of benzene rings is 2. The van der Waals surface area contributed by atoms with Gasteiger partial charge in [0.2, 0.25) is 5.91 Å². The van der Waals surface area contributed by atoms with Crippen LogP contribution in [0.3, 0.4) is 0 Å². The molecule has 2 aromatic rings. The van der Waals surface area contributed by atoms with Gasteiger partial charge in [-0.05, 0) is 69.0 Å². The fourth-order valence-electron chi connectivity index (χ4n) is 4.36. The van der Waals surface area contributed by atoms with Crippen LogP contribution in [0.1, 0.15) is 62.5 Å². The summed E-state index contributed by atoms with van der Waals surface area (Å²) in [6.07, 6.45) is -12.8. The molecule has 0 aliphatic carbocycles. The van der Waals surface area contributed by atoms with Crippen molar-refractivity contribution in [2.45, 2.75) is 69.8 Å². The maximum absolute atomic E-state index is 13.4. The summed E-state index contributed by atoms with van der Waals surface area (Å²) in [5, 5.41) is 3.49. The summed E-state index contributed by atoms with van der Waals surface area (Å²) in [6.45, 7) is 5.37. The lowest BCUT2D eigenvalue weighted by Crippen LogP contribution is -2.51. The van der Waals surface area contributed by atoms with Crippen LogP contribution in [0.4, 0.5) is 31.1 Å². The summed E-state index contributed by atoms with van der Waals surface area (Å²) in [6, 6.07) is 7.71. The highest BCUT2D eigenvalue weighted by Crippen LogP contribution is 2.44. The smallest absolute Gasteiger partial charge is 0.417 e. The van der Waals surface area contributed by atoms with Crippen LogP contribution < -0.4 is 0 Å². The van der Waals surface area contributed by atoms with Gasteiger partial charge in [0.05, 0.1) is 23.8 Å². The third-order valence-electron chi connectivity index (χ3n) is 6.19. The lowest BCUT2D eigenvalue weighted by molar-refractivity contribution is -0.143. The molecule has 0 saturated carbocycles. The summed E-state index contributed by atoms with van der Waals surface area (Å²) in [4.78, 5) is 30.0. The van der Waals surface area contributed by atoms with Crippen molar-refractivity contribution in [3.8, 4) is 0 Å². The molecule has 1 aliphatic heterocycles. The van der Waals surface area contributed by atoms with Crippen LogP contribution in [0, 0.1) is 0 Å². The molecule has 3 atom stereocenters. The Balaban J connectivity index is 2.09. The van der Waals surface area contributed by atoms with Crippen LogP contribution >= 0.6 is 0 Å². The molecule has 2 amide bonds. The highest BCUT2D eigenvalue weighted by Gasteiger charge is 2.56. The monoisotopic (exact) mass is 572 g/mol. The van der Waals surface area contributed by atoms with Gasteiger partial charge < -0.3 is 9.47 Å². The predicted molar refractivity (Wildman–Crippen MR) is 130 cm³/mol. The van der Waals surface area contributed by atoms with E-state index in [0.29, 0.717) is 17.7 Å². The Labute approximate surface area is 225 Å². The molecule has 1 unspecified atom stereocenters. The molecule has 0 spiro atoms. The van der Waals surface area contributed by atoms with Gasteiger partial charge in [0.15, 0.2) is 0 Å². The van der Waals surface area contributed by atoms with Gasteiger partial charge in [-0.15, -0.1) is 0 Å². The van der Waals surface area contributed by atoms with E-state index in [1.807, 2.05) is 0 Å². The van der Waals surface area contributed by atoms with Gasteiger partial charge in [0, 0.05) is 4.91 Å². The zero-order chi connectivity index (χ0) is 30.1. The minimum absolute atomic E-state index is 0.00600. The first kappa shape index (κ1) is 30.8. The van der Waals surface area contributed by atoms with Gasteiger partial charge in [-0.2, -0.15) is 26.3 Å². The third kappa shape index (κ3) is 6.68. The van der Waals surface area contributed by atoms with E-state index in [1.54, 1.807) is 51.1 Å². The number of imide groups is 1. The average Bonchev–Trinajstić information content (AvgIpc) is 3.13. The largest absolute Gasteiger partial charge is 0.443 e. The van der Waals surface area contributed by atoms with Crippen molar-refractivity contribution in [2.75, 3.05) is 6.61 Å². The van der Waals surface area contributed by atoms with E-state index >= 15 is 0 Å². The zero-order valence-electron chi connectivity index (χ0n) is 21.9. The molecule has 0 radical (unpaired) electrons. The summed E-state index contributed by atoms with van der Waals surface area (Å²) in [5.41, 5.74) is 3.19. The third-order valence-corrected chi connectivity index (χ3v) is 6.19. The van der Waals surface area contributed by atoms with Gasteiger partial charge >= 0.3 is 18.4 Å². The number of halogens is 6. The quantitative estimate of drug-likeness (QED) is 0.154. The fourth-order valence-corrected chi connectivity index (χ4v) is 4.36. The van der Waals surface area contributed by atoms with Gasteiger partial charge in [-0.3, -0.25) is 4.79 Å². The molecule has 8 nitrogen and oxygen atoms in total. The summed E-state index contributed by atoms with van der Waals surface area (Å²) < 4.78 is 91.7. The van der Waals surface area contributed by atoms with Crippen molar-refractivity contribution in [1.82, 2.24) is 4.90 Å². The van der Waals surface area contributed by atoms with E-state index in [2.05, 4.69) is 10.0 Å². The second-order valence-corrected chi connectivity index (χ2v) is 10.3. The topological polar surface area (TPSA) is 105 Å². The molecule has 1 aliphatic rings. The van der Waals surface area contributed by atoms with Gasteiger partial charge in [0.1, 0.15) is 17.2 Å². The first-order chi connectivity index (χ1) is 18.4. The highest BCUT2D eigenvalue weighted by atomic mass is 19.4. The lowest BCUT2D eigenvalue weighted by atomic mass is 9.87. The zero-order valence-corrected chi connectivity index (χ0v) is 21.9. The Morgan fingerprint density at radius 2 is 1.62 bits per heavy atom. The Morgan fingerprint density at radius 1 is 1.07 bits per heavy atom. The minimum atomic E-state index is -5.06. The molecular weight excluding hydrogens is 546 g/mol. The molecule has 0 N–H and O–H groups in total. The maximum atomic E-state index is 13.4. The summed E-state index contributed by atoms with van der Waals surface area (Å²) in [5.74, 6) is -0.898. The van der Waals surface area contributed by atoms with Crippen LogP contribution in [-0.2, 0) is 32.2 Å². The van der Waals surface area contributed by atoms with Crippen molar-refractivity contribution >= 4 is 12.0 Å². The average molecular weight is 573 g/mol. The minimum Gasteiger partial charge on any atom is -0.443 e. The molecule has 1 heterocycles. The molecule has 1 saturated heterocycles. The number of ether oxygens (including phenoxy) is 2. The van der Waals surface area contributed by atoms with Crippen molar-refractivity contribution in [3.63, 3.8) is 0 Å². The SMILES string of the molecule is C[C@@H](OC[C@@]1(c2ccccc2)CC(N=[N+]=[N-])C(=O)N1C(=O)OC(C)(C)C)c1cc(C(F)(F)F)cc(C(F)(F)F)c1. The summed E-state index contributed by atoms with van der Waals surface area (Å²) in [7, 11) is 0. The number of carbonyl (C=O) groups excluding carboxylic acids is 2. The second-order valence-electron chi connectivity index (χ2n) is 10.3. The maximum Gasteiger partial charge on any atom is 0.417 e. The van der Waals surface area contributed by atoms with E-state index in [4.69, 9.17) is 15.0 Å². The van der Waals surface area contributed by atoms with E-state index in [0.717, 1.165) is 4.90 Å². The number of amides is 2.